The molecule has 1 atom stereocenters. The molecule has 0 aromatic heterocycles. The van der Waals surface area contributed by atoms with Crippen molar-refractivity contribution in [1.82, 2.24) is 10.2 Å². The monoisotopic (exact) mass is 428 g/mol. The molecule has 2 aliphatic rings. The molecular weight excluding hydrogens is 404 g/mol. The molecule has 2 heterocycles. The minimum atomic E-state index is -0.208. The van der Waals surface area contributed by atoms with E-state index in [1.54, 1.807) is 24.3 Å². The van der Waals surface area contributed by atoms with E-state index in [0.29, 0.717) is 30.3 Å². The normalized spacial score (nSPS) is 18.0. The molecule has 4 rings (SSSR count). The van der Waals surface area contributed by atoms with Crippen LogP contribution in [0.1, 0.15) is 47.6 Å². The SMILES string of the molecule is O=C(NCCC(=O)N1CCCC1c1ccc2c(c1)OCCCO2)c1ccc(Cl)cc1. The number of carbonyl (C=O) groups is 2. The molecule has 1 N–H and O–H groups in total. The van der Waals surface area contributed by atoms with Crippen molar-refractivity contribution in [1.29, 1.82) is 0 Å². The molecule has 0 radical (unpaired) electrons. The second kappa shape index (κ2) is 9.39. The van der Waals surface area contributed by atoms with Crippen molar-refractivity contribution >= 4 is 23.4 Å². The van der Waals surface area contributed by atoms with Crippen LogP contribution < -0.4 is 14.8 Å². The molecule has 0 bridgehead atoms. The molecule has 7 heteroatoms. The number of nitrogens with one attached hydrogen (secondary N) is 1. The van der Waals surface area contributed by atoms with Gasteiger partial charge in [-0.25, -0.2) is 0 Å². The van der Waals surface area contributed by atoms with Gasteiger partial charge in [-0.2, -0.15) is 0 Å². The minimum absolute atomic E-state index is 0.0293. The zero-order chi connectivity index (χ0) is 20.9. The van der Waals surface area contributed by atoms with E-state index >= 15 is 0 Å². The van der Waals surface area contributed by atoms with Crippen LogP contribution in [0.2, 0.25) is 5.02 Å². The molecule has 2 aromatic rings. The highest BCUT2D eigenvalue weighted by atomic mass is 35.5. The minimum Gasteiger partial charge on any atom is -0.490 e. The Morgan fingerprint density at radius 3 is 2.60 bits per heavy atom. The van der Waals surface area contributed by atoms with E-state index < -0.39 is 0 Å². The smallest absolute Gasteiger partial charge is 0.251 e. The first-order valence-corrected chi connectivity index (χ1v) is 10.7. The van der Waals surface area contributed by atoms with Crippen molar-refractivity contribution < 1.29 is 19.1 Å². The number of hydrogen-bond donors (Lipinski definition) is 1. The largest absolute Gasteiger partial charge is 0.490 e. The fourth-order valence-electron chi connectivity index (χ4n) is 3.93. The van der Waals surface area contributed by atoms with E-state index in [1.807, 2.05) is 23.1 Å². The number of fused-ring (bicyclic) bond motifs is 1. The third kappa shape index (κ3) is 4.70. The summed E-state index contributed by atoms with van der Waals surface area (Å²) in [7, 11) is 0. The molecule has 0 saturated carbocycles. The van der Waals surface area contributed by atoms with Gasteiger partial charge in [0.1, 0.15) is 0 Å². The van der Waals surface area contributed by atoms with Crippen LogP contribution in [0, 0.1) is 0 Å². The Kier molecular flexibility index (Phi) is 6.43. The van der Waals surface area contributed by atoms with Crippen molar-refractivity contribution in [3.05, 3.63) is 58.6 Å². The van der Waals surface area contributed by atoms with E-state index in [4.69, 9.17) is 21.1 Å². The van der Waals surface area contributed by atoms with E-state index in [0.717, 1.165) is 42.9 Å². The van der Waals surface area contributed by atoms with Gasteiger partial charge in [0, 0.05) is 36.5 Å². The van der Waals surface area contributed by atoms with Gasteiger partial charge in [0.05, 0.1) is 19.3 Å². The van der Waals surface area contributed by atoms with Crippen LogP contribution in [0.3, 0.4) is 0 Å². The lowest BCUT2D eigenvalue weighted by atomic mass is 10.0. The number of rotatable bonds is 5. The molecule has 30 heavy (non-hydrogen) atoms. The van der Waals surface area contributed by atoms with Crippen LogP contribution in [-0.2, 0) is 4.79 Å². The third-order valence-electron chi connectivity index (χ3n) is 5.46. The first kappa shape index (κ1) is 20.5. The second-order valence-electron chi connectivity index (χ2n) is 7.51. The number of ether oxygens (including phenoxy) is 2. The Bertz CT molecular complexity index is 916. The first-order chi connectivity index (χ1) is 14.6. The molecule has 1 fully saturated rings. The van der Waals surface area contributed by atoms with Gasteiger partial charge in [-0.3, -0.25) is 9.59 Å². The van der Waals surface area contributed by atoms with Gasteiger partial charge in [-0.1, -0.05) is 17.7 Å². The van der Waals surface area contributed by atoms with E-state index in [-0.39, 0.29) is 24.3 Å². The van der Waals surface area contributed by atoms with Crippen molar-refractivity contribution in [3.63, 3.8) is 0 Å². The number of benzene rings is 2. The Morgan fingerprint density at radius 2 is 1.80 bits per heavy atom. The summed E-state index contributed by atoms with van der Waals surface area (Å²) in [5.41, 5.74) is 1.59. The highest BCUT2D eigenvalue weighted by molar-refractivity contribution is 6.30. The van der Waals surface area contributed by atoms with Crippen LogP contribution in [-0.4, -0.2) is 43.0 Å². The predicted octanol–water partition coefficient (Wildman–Crippen LogP) is 3.98. The summed E-state index contributed by atoms with van der Waals surface area (Å²) in [6.07, 6.45) is 3.00. The highest BCUT2D eigenvalue weighted by Gasteiger charge is 2.30. The lowest BCUT2D eigenvalue weighted by Gasteiger charge is -2.26. The van der Waals surface area contributed by atoms with Crippen molar-refractivity contribution in [2.45, 2.75) is 31.7 Å². The summed E-state index contributed by atoms with van der Waals surface area (Å²) >= 11 is 5.85. The van der Waals surface area contributed by atoms with E-state index in [2.05, 4.69) is 5.32 Å². The highest BCUT2D eigenvalue weighted by Crippen LogP contribution is 2.38. The van der Waals surface area contributed by atoms with Gasteiger partial charge >= 0.3 is 0 Å². The van der Waals surface area contributed by atoms with Crippen molar-refractivity contribution in [3.8, 4) is 11.5 Å². The second-order valence-corrected chi connectivity index (χ2v) is 7.95. The van der Waals surface area contributed by atoms with Gasteiger partial charge in [-0.05, 0) is 54.8 Å². The Morgan fingerprint density at radius 1 is 1.03 bits per heavy atom. The van der Waals surface area contributed by atoms with Gasteiger partial charge in [-0.15, -0.1) is 0 Å². The summed E-state index contributed by atoms with van der Waals surface area (Å²) in [5.74, 6) is 1.35. The molecule has 1 saturated heterocycles. The average Bonchev–Trinajstić information content (AvgIpc) is 3.13. The fraction of sp³-hybridized carbons (Fsp3) is 0.391. The number of nitrogens with zero attached hydrogens (tertiary/aromatic N) is 1. The van der Waals surface area contributed by atoms with Crippen LogP contribution >= 0.6 is 11.6 Å². The maximum absolute atomic E-state index is 12.8. The van der Waals surface area contributed by atoms with Gasteiger partial charge in [0.25, 0.3) is 5.91 Å². The number of halogens is 1. The Balaban J connectivity index is 1.35. The molecule has 158 valence electrons. The molecule has 2 amide bonds. The molecular formula is C23H25ClN2O4. The number of likely N-dealkylation sites (tertiary alicyclic amines) is 1. The maximum atomic E-state index is 12.8. The molecule has 2 aromatic carbocycles. The van der Waals surface area contributed by atoms with Crippen LogP contribution in [0.5, 0.6) is 11.5 Å². The predicted molar refractivity (Wildman–Crippen MR) is 114 cm³/mol. The third-order valence-corrected chi connectivity index (χ3v) is 5.71. The average molecular weight is 429 g/mol. The summed E-state index contributed by atoms with van der Waals surface area (Å²) in [6.45, 7) is 2.31. The quantitative estimate of drug-likeness (QED) is 0.782. The number of carbonyl (C=O) groups excluding carboxylic acids is 2. The first-order valence-electron chi connectivity index (χ1n) is 10.3. The summed E-state index contributed by atoms with van der Waals surface area (Å²) < 4.78 is 11.5. The van der Waals surface area contributed by atoms with Crippen LogP contribution in [0.4, 0.5) is 0 Å². The zero-order valence-corrected chi connectivity index (χ0v) is 17.5. The molecule has 1 unspecified atom stereocenters. The Labute approximate surface area is 181 Å². The van der Waals surface area contributed by atoms with Gasteiger partial charge < -0.3 is 19.7 Å². The summed E-state index contributed by atoms with van der Waals surface area (Å²) in [6, 6.07) is 12.7. The van der Waals surface area contributed by atoms with Gasteiger partial charge in [0.2, 0.25) is 5.91 Å². The molecule has 0 aliphatic carbocycles. The summed E-state index contributed by atoms with van der Waals surface area (Å²) in [4.78, 5) is 27.0. The standard InChI is InChI=1S/C23H25ClN2O4/c24-18-7-4-16(5-8-18)23(28)25-11-10-22(27)26-12-1-3-19(26)17-6-9-20-21(15-17)30-14-2-13-29-20/h4-9,15,19H,1-3,10-14H2,(H,25,28). The number of hydrogen-bond acceptors (Lipinski definition) is 4. The topological polar surface area (TPSA) is 67.9 Å². The van der Waals surface area contributed by atoms with E-state index in [1.165, 1.54) is 0 Å². The fourth-order valence-corrected chi connectivity index (χ4v) is 4.05. The lowest BCUT2D eigenvalue weighted by molar-refractivity contribution is -0.132. The molecule has 6 nitrogen and oxygen atoms in total. The van der Waals surface area contributed by atoms with Crippen molar-refractivity contribution in [2.75, 3.05) is 26.3 Å². The van der Waals surface area contributed by atoms with E-state index in [9.17, 15) is 9.59 Å². The van der Waals surface area contributed by atoms with Crippen LogP contribution in [0.15, 0.2) is 42.5 Å². The molecule has 2 aliphatic heterocycles. The number of amides is 2. The summed E-state index contributed by atoms with van der Waals surface area (Å²) in [5, 5.41) is 3.39. The maximum Gasteiger partial charge on any atom is 0.251 e. The van der Waals surface area contributed by atoms with Crippen molar-refractivity contribution in [2.24, 2.45) is 0 Å². The lowest BCUT2D eigenvalue weighted by Crippen LogP contribution is -2.34. The molecule has 0 spiro atoms. The zero-order valence-electron chi connectivity index (χ0n) is 16.7. The Hall–Kier alpha value is -2.73. The van der Waals surface area contributed by atoms with Crippen LogP contribution in [0.25, 0.3) is 0 Å². The van der Waals surface area contributed by atoms with Gasteiger partial charge in [0.15, 0.2) is 11.5 Å².